The van der Waals surface area contributed by atoms with Crippen LogP contribution in [0.5, 0.6) is 0 Å². The number of nitrogen functional groups attached to an aromatic ring is 2. The van der Waals surface area contributed by atoms with E-state index in [9.17, 15) is 4.79 Å². The van der Waals surface area contributed by atoms with Gasteiger partial charge in [0.15, 0.2) is 0 Å². The van der Waals surface area contributed by atoms with E-state index < -0.39 is 0 Å². The van der Waals surface area contributed by atoms with E-state index in [2.05, 4.69) is 31.7 Å². The predicted octanol–water partition coefficient (Wildman–Crippen LogP) is 0.277. The first-order valence-corrected chi connectivity index (χ1v) is 8.45. The zero-order chi connectivity index (χ0) is 18.5. The summed E-state index contributed by atoms with van der Waals surface area (Å²) in [5.41, 5.74) is 13.8. The van der Waals surface area contributed by atoms with E-state index in [-0.39, 0.29) is 5.95 Å². The van der Waals surface area contributed by atoms with Crippen LogP contribution < -0.4 is 16.4 Å². The van der Waals surface area contributed by atoms with Crippen molar-refractivity contribution in [2.24, 2.45) is 0 Å². The molecule has 0 saturated carbocycles. The zero-order valence-electron chi connectivity index (χ0n) is 14.6. The summed E-state index contributed by atoms with van der Waals surface area (Å²) < 4.78 is 0. The second-order valence-electron chi connectivity index (χ2n) is 5.93. The average Bonchev–Trinajstić information content (AvgIpc) is 2.67. The minimum atomic E-state index is 0.231. The molecule has 2 aromatic heterocycles. The molecule has 3 rings (SSSR count). The monoisotopic (exact) mass is 351 g/mol. The lowest BCUT2D eigenvalue weighted by molar-refractivity contribution is -0.118. The number of nitrogens with two attached hydrogens (primary N) is 2. The minimum absolute atomic E-state index is 0.231. The fourth-order valence-electron chi connectivity index (χ4n) is 2.78. The zero-order valence-corrected chi connectivity index (χ0v) is 14.6. The van der Waals surface area contributed by atoms with Crippen LogP contribution in [0.25, 0.3) is 0 Å². The predicted molar refractivity (Wildman–Crippen MR) is 100 cm³/mol. The summed E-state index contributed by atoms with van der Waals surface area (Å²) in [5, 5.41) is 0. The van der Waals surface area contributed by atoms with Gasteiger partial charge in [0.25, 0.3) is 0 Å². The molecule has 1 amide bonds. The van der Waals surface area contributed by atoms with Crippen LogP contribution in [-0.4, -0.2) is 52.4 Å². The number of hydrogen-bond donors (Lipinski definition) is 2. The third kappa shape index (κ3) is 3.83. The number of hydrogen-bond acceptors (Lipinski definition) is 7. The summed E-state index contributed by atoms with van der Waals surface area (Å²) in [7, 11) is 0. The molecule has 26 heavy (non-hydrogen) atoms. The van der Waals surface area contributed by atoms with Crippen LogP contribution in [0.1, 0.15) is 23.7 Å². The first-order valence-electron chi connectivity index (χ1n) is 8.45. The highest BCUT2D eigenvalue weighted by Gasteiger charge is 2.21. The van der Waals surface area contributed by atoms with E-state index in [1.165, 1.54) is 0 Å². The van der Waals surface area contributed by atoms with Crippen molar-refractivity contribution in [3.8, 4) is 11.8 Å². The Morgan fingerprint density at radius 2 is 1.92 bits per heavy atom. The van der Waals surface area contributed by atoms with Crippen LogP contribution in [0.2, 0.25) is 0 Å². The third-order valence-corrected chi connectivity index (χ3v) is 4.20. The number of anilines is 3. The summed E-state index contributed by atoms with van der Waals surface area (Å²) in [5.74, 6) is 7.68. The molecule has 4 N–H and O–H groups in total. The number of aryl methyl sites for hydroxylation is 1. The highest BCUT2D eigenvalue weighted by molar-refractivity contribution is 5.62. The first kappa shape index (κ1) is 17.5. The molecule has 0 aromatic carbocycles. The molecule has 0 aliphatic carbocycles. The number of aromatic nitrogens is 3. The Labute approximate surface area is 152 Å². The van der Waals surface area contributed by atoms with Crippen LogP contribution in [0.4, 0.5) is 17.6 Å². The van der Waals surface area contributed by atoms with Crippen molar-refractivity contribution in [3.05, 3.63) is 35.2 Å². The smallest absolute Gasteiger partial charge is 0.222 e. The number of carbonyl (C=O) groups is 1. The Bertz CT molecular complexity index is 846. The van der Waals surface area contributed by atoms with Gasteiger partial charge in [0, 0.05) is 37.9 Å². The normalized spacial score (nSPS) is 13.9. The number of carbonyl (C=O) groups excluding carboxylic acids is 1. The third-order valence-electron chi connectivity index (χ3n) is 4.20. The summed E-state index contributed by atoms with van der Waals surface area (Å²) in [6.07, 6.45) is 3.20. The minimum Gasteiger partial charge on any atom is -0.384 e. The molecule has 3 heterocycles. The van der Waals surface area contributed by atoms with E-state index in [1.807, 2.05) is 13.0 Å². The molecule has 0 bridgehead atoms. The second-order valence-corrected chi connectivity index (χ2v) is 5.93. The van der Waals surface area contributed by atoms with Gasteiger partial charge >= 0.3 is 0 Å². The SMILES string of the molecule is CCc1nc(N)nc(N2CCN(C=O)CC2)c1C#Cc1ccc(N)nc1. The molecule has 0 spiro atoms. The van der Waals surface area contributed by atoms with Gasteiger partial charge in [0.05, 0.1) is 11.3 Å². The highest BCUT2D eigenvalue weighted by Crippen LogP contribution is 2.23. The van der Waals surface area contributed by atoms with Gasteiger partial charge in [-0.3, -0.25) is 4.79 Å². The van der Waals surface area contributed by atoms with Crippen LogP contribution in [0.3, 0.4) is 0 Å². The molecule has 0 atom stereocenters. The van der Waals surface area contributed by atoms with Gasteiger partial charge in [-0.15, -0.1) is 0 Å². The average molecular weight is 351 g/mol. The van der Waals surface area contributed by atoms with Crippen LogP contribution in [-0.2, 0) is 11.2 Å². The quantitative estimate of drug-likeness (QED) is 0.603. The number of amides is 1. The van der Waals surface area contributed by atoms with E-state index in [4.69, 9.17) is 11.5 Å². The fraction of sp³-hybridized carbons (Fsp3) is 0.333. The summed E-state index contributed by atoms with van der Waals surface area (Å²) in [4.78, 5) is 27.6. The lowest BCUT2D eigenvalue weighted by atomic mass is 10.1. The number of pyridine rings is 1. The standard InChI is InChI=1S/C18H21N7O/c1-2-15-14(5-3-13-4-6-16(19)21-11-13)17(23-18(20)22-15)25-9-7-24(12-26)8-10-25/h4,6,11-12H,2,7-10H2,1H3,(H2,19,21)(H2,20,22,23). The summed E-state index contributed by atoms with van der Waals surface area (Å²) in [6.45, 7) is 4.64. The van der Waals surface area contributed by atoms with Crippen molar-refractivity contribution < 1.29 is 4.79 Å². The van der Waals surface area contributed by atoms with Gasteiger partial charge in [-0.05, 0) is 18.6 Å². The molecule has 134 valence electrons. The van der Waals surface area contributed by atoms with Crippen molar-refractivity contribution in [1.82, 2.24) is 19.9 Å². The molecule has 1 aliphatic rings. The van der Waals surface area contributed by atoms with E-state index in [0.717, 1.165) is 29.0 Å². The largest absolute Gasteiger partial charge is 0.384 e. The van der Waals surface area contributed by atoms with Gasteiger partial charge in [0.2, 0.25) is 12.4 Å². The van der Waals surface area contributed by atoms with Gasteiger partial charge in [-0.25, -0.2) is 9.97 Å². The summed E-state index contributed by atoms with van der Waals surface area (Å²) in [6, 6.07) is 3.53. The molecule has 1 aliphatic heterocycles. The molecular weight excluding hydrogens is 330 g/mol. The van der Waals surface area contributed by atoms with Crippen LogP contribution in [0.15, 0.2) is 18.3 Å². The lowest BCUT2D eigenvalue weighted by Gasteiger charge is -2.34. The van der Waals surface area contributed by atoms with Gasteiger partial charge < -0.3 is 21.3 Å². The Balaban J connectivity index is 1.98. The van der Waals surface area contributed by atoms with Crippen molar-refractivity contribution in [2.45, 2.75) is 13.3 Å². The Kier molecular flexibility index (Phi) is 5.17. The molecule has 0 unspecified atom stereocenters. The number of nitrogens with zero attached hydrogens (tertiary/aromatic N) is 5. The Morgan fingerprint density at radius 3 is 2.54 bits per heavy atom. The number of piperazine rings is 1. The van der Waals surface area contributed by atoms with E-state index in [0.29, 0.717) is 38.4 Å². The molecule has 1 fully saturated rings. The lowest BCUT2D eigenvalue weighted by Crippen LogP contribution is -2.46. The Hall–Kier alpha value is -3.34. The second kappa shape index (κ2) is 7.70. The van der Waals surface area contributed by atoms with Crippen LogP contribution in [0, 0.1) is 11.8 Å². The highest BCUT2D eigenvalue weighted by atomic mass is 16.1. The van der Waals surface area contributed by atoms with Crippen molar-refractivity contribution in [2.75, 3.05) is 42.5 Å². The Morgan fingerprint density at radius 1 is 1.15 bits per heavy atom. The maximum absolute atomic E-state index is 10.9. The molecular formula is C18H21N7O. The van der Waals surface area contributed by atoms with Crippen molar-refractivity contribution in [1.29, 1.82) is 0 Å². The van der Waals surface area contributed by atoms with E-state index in [1.54, 1.807) is 17.2 Å². The molecule has 8 heteroatoms. The maximum atomic E-state index is 10.9. The van der Waals surface area contributed by atoms with Crippen molar-refractivity contribution in [3.63, 3.8) is 0 Å². The van der Waals surface area contributed by atoms with Crippen LogP contribution >= 0.6 is 0 Å². The topological polar surface area (TPSA) is 114 Å². The number of rotatable bonds is 3. The maximum Gasteiger partial charge on any atom is 0.222 e. The molecule has 1 saturated heterocycles. The van der Waals surface area contributed by atoms with E-state index >= 15 is 0 Å². The van der Waals surface area contributed by atoms with Gasteiger partial charge in [-0.1, -0.05) is 18.8 Å². The van der Waals surface area contributed by atoms with Crippen molar-refractivity contribution >= 4 is 24.0 Å². The molecule has 8 nitrogen and oxygen atoms in total. The van der Waals surface area contributed by atoms with Gasteiger partial charge in [-0.2, -0.15) is 4.98 Å². The molecule has 2 aromatic rings. The molecule has 0 radical (unpaired) electrons. The fourth-order valence-corrected chi connectivity index (χ4v) is 2.78. The summed E-state index contributed by atoms with van der Waals surface area (Å²) >= 11 is 0. The van der Waals surface area contributed by atoms with Gasteiger partial charge in [0.1, 0.15) is 11.6 Å². The first-order chi connectivity index (χ1) is 12.6.